The first-order valence-corrected chi connectivity index (χ1v) is 8.11. The van der Waals surface area contributed by atoms with Gasteiger partial charge in [-0.1, -0.05) is 40.9 Å². The van der Waals surface area contributed by atoms with Crippen molar-refractivity contribution in [3.05, 3.63) is 34.3 Å². The number of carbonyl (C=O) groups excluding carboxylic acids is 2. The molecular weight excluding hydrogens is 332 g/mol. The van der Waals surface area contributed by atoms with Crippen LogP contribution in [0.15, 0.2) is 28.7 Å². The van der Waals surface area contributed by atoms with Crippen LogP contribution in [0.25, 0.3) is 0 Å². The number of rotatable bonds is 5. The van der Waals surface area contributed by atoms with Gasteiger partial charge in [0.1, 0.15) is 0 Å². The summed E-state index contributed by atoms with van der Waals surface area (Å²) in [5.74, 6) is 0.0664. The van der Waals surface area contributed by atoms with E-state index >= 15 is 0 Å². The molecule has 0 saturated heterocycles. The molecule has 2 amide bonds. The molecule has 0 atom stereocenters. The summed E-state index contributed by atoms with van der Waals surface area (Å²) >= 11 is 3.39. The summed E-state index contributed by atoms with van der Waals surface area (Å²) in [7, 11) is 1.76. The minimum atomic E-state index is -0.0655. The van der Waals surface area contributed by atoms with E-state index in [1.54, 1.807) is 11.9 Å². The average molecular weight is 353 g/mol. The Morgan fingerprint density at radius 3 is 2.48 bits per heavy atom. The molecular formula is C16H21BrN2O2. The maximum atomic E-state index is 12.0. The molecule has 0 heterocycles. The Labute approximate surface area is 134 Å². The highest BCUT2D eigenvalue weighted by atomic mass is 79.9. The van der Waals surface area contributed by atoms with E-state index < -0.39 is 0 Å². The van der Waals surface area contributed by atoms with Crippen LogP contribution in [0.3, 0.4) is 0 Å². The lowest BCUT2D eigenvalue weighted by molar-refractivity contribution is -0.133. The van der Waals surface area contributed by atoms with E-state index in [1.807, 2.05) is 24.3 Å². The third-order valence-electron chi connectivity index (χ3n) is 3.90. The number of halogens is 1. The van der Waals surface area contributed by atoms with Crippen LogP contribution in [0.2, 0.25) is 0 Å². The lowest BCUT2D eigenvalue weighted by Crippen LogP contribution is -2.39. The standard InChI is InChI=1S/C16H21BrN2O2/c1-19(11-12-6-8-14(17)9-7-12)15(20)10-18-16(21)13-4-2-3-5-13/h6-9,13H,2-5,10-11H2,1H3,(H,18,21). The van der Waals surface area contributed by atoms with Gasteiger partial charge in [-0.3, -0.25) is 9.59 Å². The molecule has 0 bridgehead atoms. The second kappa shape index (κ2) is 7.59. The Hall–Kier alpha value is -1.36. The summed E-state index contributed by atoms with van der Waals surface area (Å²) in [4.78, 5) is 25.6. The fraction of sp³-hybridized carbons (Fsp3) is 0.500. The van der Waals surface area contributed by atoms with Crippen LogP contribution < -0.4 is 5.32 Å². The average Bonchev–Trinajstić information content (AvgIpc) is 3.01. The minimum Gasteiger partial charge on any atom is -0.347 e. The summed E-state index contributed by atoms with van der Waals surface area (Å²) in [6.45, 7) is 0.633. The Morgan fingerprint density at radius 2 is 1.86 bits per heavy atom. The van der Waals surface area contributed by atoms with E-state index in [2.05, 4.69) is 21.2 Å². The molecule has 1 saturated carbocycles. The zero-order valence-electron chi connectivity index (χ0n) is 12.3. The molecule has 4 nitrogen and oxygen atoms in total. The molecule has 0 aromatic heterocycles. The maximum Gasteiger partial charge on any atom is 0.242 e. The van der Waals surface area contributed by atoms with Gasteiger partial charge in [0.05, 0.1) is 6.54 Å². The molecule has 0 unspecified atom stereocenters. The van der Waals surface area contributed by atoms with Gasteiger partial charge in [0.25, 0.3) is 0 Å². The van der Waals surface area contributed by atoms with E-state index in [0.29, 0.717) is 6.54 Å². The molecule has 0 radical (unpaired) electrons. The predicted molar refractivity (Wildman–Crippen MR) is 85.6 cm³/mol. The van der Waals surface area contributed by atoms with Gasteiger partial charge in [0.15, 0.2) is 0 Å². The Bertz CT molecular complexity index is 496. The smallest absolute Gasteiger partial charge is 0.242 e. The number of hydrogen-bond donors (Lipinski definition) is 1. The number of benzene rings is 1. The van der Waals surface area contributed by atoms with Crippen molar-refractivity contribution in [3.63, 3.8) is 0 Å². The third kappa shape index (κ3) is 4.84. The van der Waals surface area contributed by atoms with Crippen molar-refractivity contribution in [2.24, 2.45) is 5.92 Å². The first kappa shape index (κ1) is 16.0. The second-order valence-electron chi connectivity index (χ2n) is 5.58. The fourth-order valence-corrected chi connectivity index (χ4v) is 2.85. The van der Waals surface area contributed by atoms with Crippen molar-refractivity contribution < 1.29 is 9.59 Å². The van der Waals surface area contributed by atoms with E-state index in [9.17, 15) is 9.59 Å². The molecule has 1 N–H and O–H groups in total. The number of likely N-dealkylation sites (N-methyl/N-ethyl adjacent to an activating group) is 1. The van der Waals surface area contributed by atoms with Gasteiger partial charge in [-0.15, -0.1) is 0 Å². The van der Waals surface area contributed by atoms with E-state index in [4.69, 9.17) is 0 Å². The van der Waals surface area contributed by atoms with E-state index in [1.165, 1.54) is 0 Å². The van der Waals surface area contributed by atoms with Crippen LogP contribution in [0.1, 0.15) is 31.2 Å². The van der Waals surface area contributed by atoms with Gasteiger partial charge in [-0.05, 0) is 30.5 Å². The van der Waals surface area contributed by atoms with Crippen LogP contribution >= 0.6 is 15.9 Å². The maximum absolute atomic E-state index is 12.0. The molecule has 0 aliphatic heterocycles. The van der Waals surface area contributed by atoms with Crippen molar-refractivity contribution in [2.45, 2.75) is 32.2 Å². The Kier molecular flexibility index (Phi) is 5.79. The Balaban J connectivity index is 1.76. The van der Waals surface area contributed by atoms with Crippen LogP contribution in [0.4, 0.5) is 0 Å². The summed E-state index contributed by atoms with van der Waals surface area (Å²) in [5, 5.41) is 2.76. The van der Waals surface area contributed by atoms with Crippen molar-refractivity contribution in [2.75, 3.05) is 13.6 Å². The number of nitrogens with one attached hydrogen (secondary N) is 1. The van der Waals surface area contributed by atoms with Crippen LogP contribution in [-0.4, -0.2) is 30.3 Å². The van der Waals surface area contributed by atoms with Crippen molar-refractivity contribution in [3.8, 4) is 0 Å². The molecule has 1 aromatic carbocycles. The monoisotopic (exact) mass is 352 g/mol. The number of hydrogen-bond acceptors (Lipinski definition) is 2. The van der Waals surface area contributed by atoms with Gasteiger partial charge in [0.2, 0.25) is 11.8 Å². The van der Waals surface area contributed by atoms with Gasteiger partial charge in [-0.25, -0.2) is 0 Å². The highest BCUT2D eigenvalue weighted by Gasteiger charge is 2.23. The van der Waals surface area contributed by atoms with E-state index in [-0.39, 0.29) is 24.3 Å². The molecule has 1 aliphatic carbocycles. The fourth-order valence-electron chi connectivity index (χ4n) is 2.58. The molecule has 5 heteroatoms. The van der Waals surface area contributed by atoms with E-state index in [0.717, 1.165) is 35.7 Å². The normalized spacial score (nSPS) is 15.0. The van der Waals surface area contributed by atoms with Gasteiger partial charge >= 0.3 is 0 Å². The summed E-state index contributed by atoms with van der Waals surface area (Å²) in [6, 6.07) is 7.86. The number of carbonyl (C=O) groups is 2. The lowest BCUT2D eigenvalue weighted by Gasteiger charge is -2.18. The van der Waals surface area contributed by atoms with Crippen molar-refractivity contribution in [1.29, 1.82) is 0 Å². The molecule has 0 spiro atoms. The zero-order chi connectivity index (χ0) is 15.2. The van der Waals surface area contributed by atoms with Gasteiger partial charge in [0, 0.05) is 24.0 Å². The van der Waals surface area contributed by atoms with Gasteiger partial charge < -0.3 is 10.2 Å². The number of amides is 2. The lowest BCUT2D eigenvalue weighted by atomic mass is 10.1. The molecule has 114 valence electrons. The Morgan fingerprint density at radius 1 is 1.24 bits per heavy atom. The topological polar surface area (TPSA) is 49.4 Å². The third-order valence-corrected chi connectivity index (χ3v) is 4.43. The summed E-state index contributed by atoms with van der Waals surface area (Å²) in [6.07, 6.45) is 4.15. The molecule has 21 heavy (non-hydrogen) atoms. The van der Waals surface area contributed by atoms with Crippen molar-refractivity contribution >= 4 is 27.7 Å². The number of nitrogens with zero attached hydrogens (tertiary/aromatic N) is 1. The molecule has 1 aromatic rings. The second-order valence-corrected chi connectivity index (χ2v) is 6.49. The van der Waals surface area contributed by atoms with Crippen LogP contribution in [0.5, 0.6) is 0 Å². The molecule has 1 aliphatic rings. The first-order valence-electron chi connectivity index (χ1n) is 7.32. The van der Waals surface area contributed by atoms with Crippen molar-refractivity contribution in [1.82, 2.24) is 10.2 Å². The summed E-state index contributed by atoms with van der Waals surface area (Å²) in [5.41, 5.74) is 1.07. The molecule has 2 rings (SSSR count). The van der Waals surface area contributed by atoms with Crippen LogP contribution in [0, 0.1) is 5.92 Å². The first-order chi connectivity index (χ1) is 10.1. The quantitative estimate of drug-likeness (QED) is 0.885. The minimum absolute atomic E-state index is 0.0258. The highest BCUT2D eigenvalue weighted by Crippen LogP contribution is 2.24. The largest absolute Gasteiger partial charge is 0.347 e. The zero-order valence-corrected chi connectivity index (χ0v) is 13.9. The van der Waals surface area contributed by atoms with Gasteiger partial charge in [-0.2, -0.15) is 0 Å². The van der Waals surface area contributed by atoms with Crippen LogP contribution in [-0.2, 0) is 16.1 Å². The SMILES string of the molecule is CN(Cc1ccc(Br)cc1)C(=O)CNC(=O)C1CCCC1. The molecule has 1 fully saturated rings. The highest BCUT2D eigenvalue weighted by molar-refractivity contribution is 9.10. The summed E-state index contributed by atoms with van der Waals surface area (Å²) < 4.78 is 1.02. The predicted octanol–water partition coefficient (Wildman–Crippen LogP) is 2.71.